The molecule has 0 bridgehead atoms. The van der Waals surface area contributed by atoms with Crippen LogP contribution in [0.4, 0.5) is 0 Å². The van der Waals surface area contributed by atoms with Crippen LogP contribution in [-0.2, 0) is 6.42 Å². The molecular formula is C15H21KO3. The smallest absolute Gasteiger partial charge is 0.872 e. The summed E-state index contributed by atoms with van der Waals surface area (Å²) >= 11 is 0. The fraction of sp³-hybridized carbons (Fsp3) is 0.533. The minimum atomic E-state index is -1.13. The number of carboxylic acid groups (broad SMARTS) is 1. The quantitative estimate of drug-likeness (QED) is 0.555. The number of hydrogen-bond acceptors (Lipinski definition) is 2. The molecule has 100 valence electrons. The minimum Gasteiger partial charge on any atom is -0.872 e. The molecule has 0 unspecified atom stereocenters. The third-order valence-corrected chi connectivity index (χ3v) is 3.13. The Balaban J connectivity index is 0.00000324. The summed E-state index contributed by atoms with van der Waals surface area (Å²) in [6.07, 6.45) is 7.69. The van der Waals surface area contributed by atoms with Crippen molar-refractivity contribution in [3.8, 4) is 5.75 Å². The van der Waals surface area contributed by atoms with Gasteiger partial charge in [0, 0.05) is 0 Å². The second kappa shape index (κ2) is 10.9. The summed E-state index contributed by atoms with van der Waals surface area (Å²) in [7, 11) is 0. The zero-order chi connectivity index (χ0) is 13.4. The molecule has 0 aliphatic rings. The maximum Gasteiger partial charge on any atom is 1.00 e. The fourth-order valence-corrected chi connectivity index (χ4v) is 2.05. The Labute approximate surface area is 157 Å². The van der Waals surface area contributed by atoms with Gasteiger partial charge in [-0.2, -0.15) is 0 Å². The first kappa shape index (κ1) is 19.1. The Kier molecular flexibility index (Phi) is 10.9. The largest absolute Gasteiger partial charge is 1.00 e. The van der Waals surface area contributed by atoms with E-state index in [4.69, 9.17) is 5.11 Å². The van der Waals surface area contributed by atoms with Crippen molar-refractivity contribution in [3.63, 3.8) is 0 Å². The van der Waals surface area contributed by atoms with Gasteiger partial charge in [-0.15, -0.1) is 0 Å². The van der Waals surface area contributed by atoms with Crippen molar-refractivity contribution in [1.82, 2.24) is 0 Å². The van der Waals surface area contributed by atoms with Gasteiger partial charge >= 0.3 is 57.4 Å². The zero-order valence-electron chi connectivity index (χ0n) is 11.9. The van der Waals surface area contributed by atoms with Gasteiger partial charge in [-0.3, -0.25) is 0 Å². The average molecular weight is 288 g/mol. The summed E-state index contributed by atoms with van der Waals surface area (Å²) in [4.78, 5) is 10.8. The Hall–Kier alpha value is 0.126. The molecule has 1 N–H and O–H groups in total. The van der Waals surface area contributed by atoms with Gasteiger partial charge in [0.15, 0.2) is 0 Å². The van der Waals surface area contributed by atoms with Crippen LogP contribution in [0.15, 0.2) is 18.2 Å². The van der Waals surface area contributed by atoms with Crippen LogP contribution >= 0.6 is 0 Å². The van der Waals surface area contributed by atoms with Crippen LogP contribution in [0.1, 0.15) is 61.4 Å². The summed E-state index contributed by atoms with van der Waals surface area (Å²) in [6.45, 7) is 2.18. The van der Waals surface area contributed by atoms with E-state index in [0.717, 1.165) is 12.8 Å². The van der Waals surface area contributed by atoms with Crippen molar-refractivity contribution >= 4 is 5.97 Å². The fourth-order valence-electron chi connectivity index (χ4n) is 2.05. The predicted octanol–water partition coefficient (Wildman–Crippen LogP) is 0.365. The van der Waals surface area contributed by atoms with Crippen molar-refractivity contribution in [3.05, 3.63) is 29.3 Å². The van der Waals surface area contributed by atoms with E-state index in [1.165, 1.54) is 31.7 Å². The SMILES string of the molecule is CCCCCCCCc1cccc(C(=O)O)c1[O-].[K+]. The number of para-hydroxylation sites is 1. The molecule has 1 rings (SSSR count). The van der Waals surface area contributed by atoms with E-state index in [1.807, 2.05) is 0 Å². The van der Waals surface area contributed by atoms with Gasteiger partial charge < -0.3 is 10.2 Å². The molecule has 0 fully saturated rings. The summed E-state index contributed by atoms with van der Waals surface area (Å²) < 4.78 is 0. The van der Waals surface area contributed by atoms with Crippen LogP contribution in [0, 0.1) is 0 Å². The molecule has 1 aromatic carbocycles. The van der Waals surface area contributed by atoms with Crippen LogP contribution in [0.5, 0.6) is 5.75 Å². The second-order valence-electron chi connectivity index (χ2n) is 4.62. The molecule has 0 aromatic heterocycles. The molecule has 4 heteroatoms. The van der Waals surface area contributed by atoms with E-state index in [1.54, 1.807) is 12.1 Å². The van der Waals surface area contributed by atoms with Crippen LogP contribution in [0.25, 0.3) is 0 Å². The molecular weight excluding hydrogens is 267 g/mol. The average Bonchev–Trinajstić information content (AvgIpc) is 2.35. The number of unbranched alkanes of at least 4 members (excludes halogenated alkanes) is 5. The topological polar surface area (TPSA) is 60.4 Å². The third-order valence-electron chi connectivity index (χ3n) is 3.13. The molecule has 1 aromatic rings. The van der Waals surface area contributed by atoms with Crippen molar-refractivity contribution < 1.29 is 66.4 Å². The molecule has 0 saturated carbocycles. The molecule has 0 amide bonds. The van der Waals surface area contributed by atoms with Crippen LogP contribution in [0.2, 0.25) is 0 Å². The normalized spacial score (nSPS) is 9.95. The second-order valence-corrected chi connectivity index (χ2v) is 4.62. The van der Waals surface area contributed by atoms with Gasteiger partial charge in [0.2, 0.25) is 0 Å². The summed E-state index contributed by atoms with van der Waals surface area (Å²) in [5.41, 5.74) is 0.517. The predicted molar refractivity (Wildman–Crippen MR) is 69.9 cm³/mol. The van der Waals surface area contributed by atoms with Crippen LogP contribution < -0.4 is 56.5 Å². The first-order valence-electron chi connectivity index (χ1n) is 6.69. The standard InChI is InChI=1S/C15H22O3.K/c1-2-3-4-5-6-7-9-12-10-8-11-13(14(12)16)15(17)18;/h8,10-11,16H,2-7,9H2,1H3,(H,17,18);/q;+1/p-1. The number of rotatable bonds is 8. The van der Waals surface area contributed by atoms with Gasteiger partial charge in [0.1, 0.15) is 0 Å². The van der Waals surface area contributed by atoms with E-state index >= 15 is 0 Å². The van der Waals surface area contributed by atoms with Gasteiger partial charge in [-0.05, 0) is 18.9 Å². The van der Waals surface area contributed by atoms with Gasteiger partial charge in [0.05, 0.1) is 5.56 Å². The number of benzene rings is 1. The van der Waals surface area contributed by atoms with Gasteiger partial charge in [-0.25, -0.2) is 4.79 Å². The molecule has 0 saturated heterocycles. The van der Waals surface area contributed by atoms with Crippen LogP contribution in [-0.4, -0.2) is 11.1 Å². The van der Waals surface area contributed by atoms with E-state index in [9.17, 15) is 9.90 Å². The first-order chi connectivity index (χ1) is 8.66. The van der Waals surface area contributed by atoms with Crippen molar-refractivity contribution in [2.75, 3.05) is 0 Å². The summed E-state index contributed by atoms with van der Waals surface area (Å²) in [5.74, 6) is -1.46. The van der Waals surface area contributed by atoms with Gasteiger partial charge in [-0.1, -0.05) is 62.5 Å². The van der Waals surface area contributed by atoms with E-state index < -0.39 is 5.97 Å². The van der Waals surface area contributed by atoms with Crippen molar-refractivity contribution in [2.24, 2.45) is 0 Å². The molecule has 0 spiro atoms. The number of carbonyl (C=O) groups is 1. The van der Waals surface area contributed by atoms with Crippen LogP contribution in [0.3, 0.4) is 0 Å². The molecule has 0 aliphatic carbocycles. The van der Waals surface area contributed by atoms with Gasteiger partial charge in [0.25, 0.3) is 0 Å². The molecule has 3 nitrogen and oxygen atoms in total. The number of aromatic carboxylic acids is 1. The Bertz CT molecular complexity index is 391. The monoisotopic (exact) mass is 288 g/mol. The first-order valence-corrected chi connectivity index (χ1v) is 6.69. The Morgan fingerprint density at radius 2 is 1.79 bits per heavy atom. The summed E-state index contributed by atoms with van der Waals surface area (Å²) in [5, 5.41) is 20.7. The molecule has 19 heavy (non-hydrogen) atoms. The van der Waals surface area contributed by atoms with E-state index in [-0.39, 0.29) is 62.7 Å². The molecule has 0 atom stereocenters. The van der Waals surface area contributed by atoms with E-state index in [0.29, 0.717) is 12.0 Å². The zero-order valence-corrected chi connectivity index (χ0v) is 15.1. The summed E-state index contributed by atoms with van der Waals surface area (Å²) in [6, 6.07) is 4.76. The maximum atomic E-state index is 11.8. The molecule has 0 aliphatic heterocycles. The van der Waals surface area contributed by atoms with Crippen molar-refractivity contribution in [2.45, 2.75) is 51.9 Å². The molecule has 0 heterocycles. The Morgan fingerprint density at radius 1 is 1.16 bits per heavy atom. The Morgan fingerprint density at radius 3 is 2.42 bits per heavy atom. The number of aryl methyl sites for hydroxylation is 1. The number of hydrogen-bond donors (Lipinski definition) is 1. The minimum absolute atomic E-state index is 0. The van der Waals surface area contributed by atoms with Crippen molar-refractivity contribution in [1.29, 1.82) is 0 Å². The van der Waals surface area contributed by atoms with E-state index in [2.05, 4.69) is 6.92 Å². The molecule has 0 radical (unpaired) electrons. The number of carboxylic acids is 1. The third kappa shape index (κ3) is 6.91. The maximum absolute atomic E-state index is 11.8.